The van der Waals surface area contributed by atoms with Crippen molar-refractivity contribution >= 4 is 16.9 Å². The van der Waals surface area contributed by atoms with Crippen molar-refractivity contribution in [3.63, 3.8) is 0 Å². The minimum atomic E-state index is -0.686. The number of fused-ring (bicyclic) bond motifs is 2. The van der Waals surface area contributed by atoms with Crippen molar-refractivity contribution in [3.05, 3.63) is 69.6 Å². The van der Waals surface area contributed by atoms with Gasteiger partial charge in [0.1, 0.15) is 5.58 Å². The predicted octanol–water partition coefficient (Wildman–Crippen LogP) is 4.30. The highest BCUT2D eigenvalue weighted by Crippen LogP contribution is 2.40. The van der Waals surface area contributed by atoms with E-state index in [-0.39, 0.29) is 29.9 Å². The van der Waals surface area contributed by atoms with Gasteiger partial charge < -0.3 is 23.9 Å². The number of β-amino-alcohol motifs (C(OH)–C–C–N with tert-alkyl or cyclic N) is 1. The van der Waals surface area contributed by atoms with Crippen molar-refractivity contribution < 1.29 is 23.8 Å². The van der Waals surface area contributed by atoms with Crippen LogP contribution in [0.4, 0.5) is 0 Å². The molecule has 33 heavy (non-hydrogen) atoms. The number of nitrogens with zero attached hydrogens (tertiary/aromatic N) is 1. The molecule has 1 amide bonds. The van der Waals surface area contributed by atoms with Crippen LogP contribution in [0.2, 0.25) is 0 Å². The Kier molecular flexibility index (Phi) is 6.99. The third kappa shape index (κ3) is 4.33. The zero-order chi connectivity index (χ0) is 23.4. The van der Waals surface area contributed by atoms with E-state index in [1.807, 2.05) is 25.1 Å². The Labute approximate surface area is 192 Å². The number of carbonyl (C=O) groups excluding carboxylic acids is 1. The summed E-state index contributed by atoms with van der Waals surface area (Å²) < 4.78 is 17.6. The van der Waals surface area contributed by atoms with E-state index in [0.29, 0.717) is 41.2 Å². The van der Waals surface area contributed by atoms with E-state index in [9.17, 15) is 14.7 Å². The highest BCUT2D eigenvalue weighted by Gasteiger charge is 2.42. The van der Waals surface area contributed by atoms with Crippen molar-refractivity contribution in [1.82, 2.24) is 4.90 Å². The lowest BCUT2D eigenvalue weighted by atomic mass is 9.98. The molecule has 0 radical (unpaired) electrons. The fourth-order valence-corrected chi connectivity index (χ4v) is 4.27. The fourth-order valence-electron chi connectivity index (χ4n) is 4.27. The maximum Gasteiger partial charge on any atom is 0.290 e. The van der Waals surface area contributed by atoms with Crippen LogP contribution in [0.25, 0.3) is 11.0 Å². The second-order valence-corrected chi connectivity index (χ2v) is 7.99. The number of para-hydroxylation sites is 1. The minimum Gasteiger partial charge on any atom is -0.490 e. The first-order valence-corrected chi connectivity index (χ1v) is 11.5. The van der Waals surface area contributed by atoms with Gasteiger partial charge in [0, 0.05) is 6.54 Å². The maximum atomic E-state index is 13.4. The van der Waals surface area contributed by atoms with Crippen LogP contribution in [-0.2, 0) is 0 Å². The molecule has 2 aromatic carbocycles. The molecule has 1 atom stereocenters. The zero-order valence-corrected chi connectivity index (χ0v) is 19.0. The van der Waals surface area contributed by atoms with Crippen molar-refractivity contribution in [2.75, 3.05) is 26.4 Å². The van der Waals surface area contributed by atoms with Gasteiger partial charge in [0.05, 0.1) is 36.8 Å². The fraction of sp³-hybridized carbons (Fsp3) is 0.385. The predicted molar refractivity (Wildman–Crippen MR) is 125 cm³/mol. The van der Waals surface area contributed by atoms with Crippen molar-refractivity contribution in [3.8, 4) is 11.5 Å². The Morgan fingerprint density at radius 3 is 2.61 bits per heavy atom. The van der Waals surface area contributed by atoms with E-state index >= 15 is 0 Å². The molecule has 0 saturated heterocycles. The van der Waals surface area contributed by atoms with Crippen LogP contribution >= 0.6 is 0 Å². The Bertz CT molecular complexity index is 1200. The quantitative estimate of drug-likeness (QED) is 0.463. The second kappa shape index (κ2) is 10.1. The Hall–Kier alpha value is -3.32. The molecule has 1 aliphatic heterocycles. The summed E-state index contributed by atoms with van der Waals surface area (Å²) in [4.78, 5) is 28.1. The smallest absolute Gasteiger partial charge is 0.290 e. The number of hydrogen-bond acceptors (Lipinski definition) is 6. The summed E-state index contributed by atoms with van der Waals surface area (Å²) >= 11 is 0. The Morgan fingerprint density at radius 2 is 1.85 bits per heavy atom. The highest BCUT2D eigenvalue weighted by molar-refractivity contribution is 5.99. The van der Waals surface area contributed by atoms with Crippen LogP contribution < -0.4 is 14.9 Å². The number of unbranched alkanes of at least 4 members (excludes halogenated alkanes) is 2. The third-order valence-electron chi connectivity index (χ3n) is 5.80. The molecule has 1 aromatic heterocycles. The van der Waals surface area contributed by atoms with E-state index in [0.717, 1.165) is 19.3 Å². The topological polar surface area (TPSA) is 89.2 Å². The SMILES string of the molecule is CCCCCOc1ccc([C@@H]2c3c(oc4ccccc4c3=O)C(=O)N2CCO)cc1OCC. The summed E-state index contributed by atoms with van der Waals surface area (Å²) in [6, 6.07) is 11.7. The third-order valence-corrected chi connectivity index (χ3v) is 5.80. The van der Waals surface area contributed by atoms with Gasteiger partial charge in [-0.1, -0.05) is 38.0 Å². The summed E-state index contributed by atoms with van der Waals surface area (Å²) in [5.74, 6) is 0.793. The van der Waals surface area contributed by atoms with Crippen molar-refractivity contribution in [2.24, 2.45) is 0 Å². The van der Waals surface area contributed by atoms with E-state index in [1.54, 1.807) is 24.3 Å². The van der Waals surface area contributed by atoms with E-state index in [4.69, 9.17) is 13.9 Å². The lowest BCUT2D eigenvalue weighted by molar-refractivity contribution is 0.0691. The number of aliphatic hydroxyl groups is 1. The van der Waals surface area contributed by atoms with Gasteiger partial charge in [-0.3, -0.25) is 9.59 Å². The molecule has 2 heterocycles. The minimum absolute atomic E-state index is 0.0232. The van der Waals surface area contributed by atoms with Gasteiger partial charge in [-0.05, 0) is 43.2 Å². The van der Waals surface area contributed by atoms with Crippen molar-refractivity contribution in [1.29, 1.82) is 0 Å². The first-order chi connectivity index (χ1) is 16.1. The molecule has 0 bridgehead atoms. The molecule has 7 nitrogen and oxygen atoms in total. The summed E-state index contributed by atoms with van der Waals surface area (Å²) in [5.41, 5.74) is 1.10. The largest absolute Gasteiger partial charge is 0.490 e. The van der Waals surface area contributed by atoms with Crippen LogP contribution in [0.3, 0.4) is 0 Å². The van der Waals surface area contributed by atoms with E-state index in [1.165, 1.54) is 4.90 Å². The standard InChI is InChI=1S/C26H29NO6/c1-3-5-8-15-32-20-12-11-17(16-21(20)31-4-2)23-22-24(29)18-9-6-7-10-19(18)33-25(22)26(30)27(23)13-14-28/h6-7,9-12,16,23,28H,3-5,8,13-15H2,1-2H3/t23-/m1/s1. The van der Waals surface area contributed by atoms with Crippen molar-refractivity contribution in [2.45, 2.75) is 39.2 Å². The van der Waals surface area contributed by atoms with Gasteiger partial charge in [-0.2, -0.15) is 0 Å². The van der Waals surface area contributed by atoms with Gasteiger partial charge >= 0.3 is 0 Å². The molecule has 3 aromatic rings. The normalized spacial score (nSPS) is 15.2. The van der Waals surface area contributed by atoms with E-state index in [2.05, 4.69) is 6.92 Å². The first-order valence-electron chi connectivity index (χ1n) is 11.5. The van der Waals surface area contributed by atoms with Gasteiger partial charge in [-0.15, -0.1) is 0 Å². The van der Waals surface area contributed by atoms with Crippen LogP contribution in [-0.4, -0.2) is 42.3 Å². The van der Waals surface area contributed by atoms with Gasteiger partial charge in [0.25, 0.3) is 5.91 Å². The van der Waals surface area contributed by atoms with Crippen LogP contribution in [0.5, 0.6) is 11.5 Å². The average Bonchev–Trinajstić information content (AvgIpc) is 3.10. The Morgan fingerprint density at radius 1 is 1.03 bits per heavy atom. The Balaban J connectivity index is 1.80. The molecular weight excluding hydrogens is 422 g/mol. The molecule has 0 unspecified atom stereocenters. The average molecular weight is 452 g/mol. The molecule has 0 aliphatic carbocycles. The molecule has 0 fully saturated rings. The van der Waals surface area contributed by atoms with Gasteiger partial charge in [0.2, 0.25) is 5.76 Å². The van der Waals surface area contributed by atoms with Crippen LogP contribution in [0.15, 0.2) is 51.7 Å². The molecule has 1 aliphatic rings. The van der Waals surface area contributed by atoms with Gasteiger partial charge in [0.15, 0.2) is 16.9 Å². The lowest BCUT2D eigenvalue weighted by Crippen LogP contribution is -2.32. The van der Waals surface area contributed by atoms with Crippen LogP contribution in [0.1, 0.15) is 60.8 Å². The summed E-state index contributed by atoms with van der Waals surface area (Å²) in [7, 11) is 0. The highest BCUT2D eigenvalue weighted by atomic mass is 16.5. The van der Waals surface area contributed by atoms with E-state index < -0.39 is 11.9 Å². The first kappa shape index (κ1) is 22.9. The maximum absolute atomic E-state index is 13.4. The number of hydrogen-bond donors (Lipinski definition) is 1. The molecule has 1 N–H and O–H groups in total. The number of carbonyl (C=O) groups is 1. The molecule has 0 spiro atoms. The van der Waals surface area contributed by atoms with Gasteiger partial charge in [-0.25, -0.2) is 0 Å². The number of aliphatic hydroxyl groups excluding tert-OH is 1. The summed E-state index contributed by atoms with van der Waals surface area (Å²) in [6.07, 6.45) is 3.14. The molecule has 4 rings (SSSR count). The molecule has 7 heteroatoms. The van der Waals surface area contributed by atoms with Crippen LogP contribution in [0, 0.1) is 0 Å². The molecule has 174 valence electrons. The monoisotopic (exact) mass is 451 g/mol. The zero-order valence-electron chi connectivity index (χ0n) is 19.0. The lowest BCUT2D eigenvalue weighted by Gasteiger charge is -2.25. The number of rotatable bonds is 10. The number of ether oxygens (including phenoxy) is 2. The molecule has 0 saturated carbocycles. The number of amides is 1. The molecular formula is C26H29NO6. The summed E-state index contributed by atoms with van der Waals surface area (Å²) in [5, 5.41) is 10.0. The summed E-state index contributed by atoms with van der Waals surface area (Å²) in [6.45, 7) is 4.90. The second-order valence-electron chi connectivity index (χ2n) is 7.99. The number of benzene rings is 2.